The fourth-order valence-corrected chi connectivity index (χ4v) is 7.11. The van der Waals surface area contributed by atoms with Crippen LogP contribution in [0.5, 0.6) is 0 Å². The number of nitrogens with zero attached hydrogens (tertiary/aromatic N) is 3. The number of pyridine rings is 1. The molecule has 0 spiro atoms. The van der Waals surface area contributed by atoms with Crippen molar-refractivity contribution in [1.82, 2.24) is 19.7 Å². The number of ketones is 1. The maximum Gasteiger partial charge on any atom is 0.228 e. The van der Waals surface area contributed by atoms with Gasteiger partial charge in [-0.25, -0.2) is 4.98 Å². The van der Waals surface area contributed by atoms with Gasteiger partial charge in [0.05, 0.1) is 28.6 Å². The van der Waals surface area contributed by atoms with Gasteiger partial charge in [0.15, 0.2) is 14.1 Å². The van der Waals surface area contributed by atoms with Crippen molar-refractivity contribution in [2.45, 2.75) is 77.7 Å². The molecule has 5 atom stereocenters. The lowest BCUT2D eigenvalue weighted by Gasteiger charge is -2.46. The Kier molecular flexibility index (Phi) is 6.80. The van der Waals surface area contributed by atoms with E-state index in [9.17, 15) is 9.59 Å². The Bertz CT molecular complexity index is 1230. The number of hydrogen-bond acceptors (Lipinski definition) is 6. The van der Waals surface area contributed by atoms with Gasteiger partial charge in [-0.2, -0.15) is 0 Å². The quantitative estimate of drug-likeness (QED) is 0.252. The van der Waals surface area contributed by atoms with Crippen molar-refractivity contribution in [3.8, 4) is 0 Å². The Morgan fingerprint density at radius 3 is 2.57 bits per heavy atom. The van der Waals surface area contributed by atoms with Crippen LogP contribution in [0.2, 0.25) is 18.1 Å². The van der Waals surface area contributed by atoms with E-state index in [-0.39, 0.29) is 46.6 Å². The van der Waals surface area contributed by atoms with Gasteiger partial charge in [0.1, 0.15) is 11.2 Å². The molecular formula is C26H36N4O3SSi. The number of Topliss-reactive ketones (excluding diaryl/α,β-unsaturated/α-hetero) is 1. The Morgan fingerprint density at radius 2 is 1.97 bits per heavy atom. The van der Waals surface area contributed by atoms with Crippen molar-refractivity contribution in [1.29, 1.82) is 0 Å². The van der Waals surface area contributed by atoms with Crippen molar-refractivity contribution in [2.75, 3.05) is 0 Å². The fraction of sp³-hybridized carbons (Fsp3) is 0.538. The molecule has 1 fully saturated rings. The van der Waals surface area contributed by atoms with Crippen LogP contribution in [0.3, 0.4) is 0 Å². The van der Waals surface area contributed by atoms with Crippen LogP contribution < -0.4 is 5.32 Å². The number of aromatic nitrogens is 3. The van der Waals surface area contributed by atoms with Crippen LogP contribution in [0.4, 0.5) is 0 Å². The topological polar surface area (TPSA) is 85.6 Å². The van der Waals surface area contributed by atoms with E-state index < -0.39 is 8.32 Å². The maximum atomic E-state index is 13.5. The minimum Gasteiger partial charge on any atom is -0.413 e. The van der Waals surface area contributed by atoms with Gasteiger partial charge >= 0.3 is 0 Å². The summed E-state index contributed by atoms with van der Waals surface area (Å²) in [5.41, 5.74) is 2.01. The van der Waals surface area contributed by atoms with Crippen molar-refractivity contribution in [3.63, 3.8) is 0 Å². The number of hydrogen-bond donors (Lipinski definition) is 1. The van der Waals surface area contributed by atoms with Gasteiger partial charge in [-0.15, -0.1) is 11.3 Å². The van der Waals surface area contributed by atoms with Gasteiger partial charge in [0, 0.05) is 30.4 Å². The van der Waals surface area contributed by atoms with Crippen molar-refractivity contribution >= 4 is 36.2 Å². The SMILES string of the molecule is CC(c1cccnc1)c1ncn2cc(C(=O)[C@H](C)[C@H]3NC(=O)[C@@H]3[C@H](C)O[Si](C)(C)C(C)(C)C)sc12. The summed E-state index contributed by atoms with van der Waals surface area (Å²) in [6.07, 6.45) is 6.99. The van der Waals surface area contributed by atoms with E-state index in [2.05, 4.69) is 56.1 Å². The number of rotatable bonds is 8. The first-order valence-electron chi connectivity index (χ1n) is 12.2. The van der Waals surface area contributed by atoms with Crippen molar-refractivity contribution in [3.05, 3.63) is 53.2 Å². The highest BCUT2D eigenvalue weighted by Gasteiger charge is 2.50. The average molecular weight is 513 g/mol. The molecule has 7 nitrogen and oxygen atoms in total. The fourth-order valence-electron chi connectivity index (χ4n) is 4.48. The van der Waals surface area contributed by atoms with E-state index in [0.717, 1.165) is 16.1 Å². The molecule has 1 unspecified atom stereocenters. The number of carbonyl (C=O) groups is 2. The van der Waals surface area contributed by atoms with E-state index in [0.29, 0.717) is 4.88 Å². The summed E-state index contributed by atoms with van der Waals surface area (Å²) < 4.78 is 8.44. The summed E-state index contributed by atoms with van der Waals surface area (Å²) >= 11 is 1.46. The number of amides is 1. The van der Waals surface area contributed by atoms with Crippen LogP contribution in [0.1, 0.15) is 68.4 Å². The van der Waals surface area contributed by atoms with Crippen LogP contribution in [-0.4, -0.2) is 46.5 Å². The number of β-lactam (4-membered cyclic amide) rings is 1. The van der Waals surface area contributed by atoms with Gasteiger partial charge in [0.25, 0.3) is 0 Å². The zero-order valence-electron chi connectivity index (χ0n) is 21.8. The lowest BCUT2D eigenvalue weighted by molar-refractivity contribution is -0.141. The average Bonchev–Trinajstić information content (AvgIpc) is 3.36. The minimum atomic E-state index is -2.03. The third kappa shape index (κ3) is 4.73. The number of fused-ring (bicyclic) bond motifs is 1. The smallest absolute Gasteiger partial charge is 0.228 e. The zero-order valence-corrected chi connectivity index (χ0v) is 23.6. The molecule has 0 saturated carbocycles. The molecule has 3 aromatic heterocycles. The molecule has 1 aliphatic heterocycles. The number of thiazole rings is 1. The van der Waals surface area contributed by atoms with Gasteiger partial charge < -0.3 is 9.74 Å². The van der Waals surface area contributed by atoms with Crippen molar-refractivity contribution < 1.29 is 14.0 Å². The van der Waals surface area contributed by atoms with Gasteiger partial charge in [-0.05, 0) is 36.7 Å². The highest BCUT2D eigenvalue weighted by atomic mass is 32.1. The van der Waals surface area contributed by atoms with Crippen molar-refractivity contribution in [2.24, 2.45) is 11.8 Å². The molecule has 188 valence electrons. The second-order valence-corrected chi connectivity index (χ2v) is 17.0. The molecule has 3 aromatic rings. The Balaban J connectivity index is 1.52. The molecule has 0 radical (unpaired) electrons. The number of imidazole rings is 1. The van der Waals surface area contributed by atoms with E-state index in [4.69, 9.17) is 4.43 Å². The summed E-state index contributed by atoms with van der Waals surface area (Å²) in [5, 5.41) is 3.03. The van der Waals surface area contributed by atoms with E-state index in [1.54, 1.807) is 12.5 Å². The molecule has 1 saturated heterocycles. The molecule has 0 aromatic carbocycles. The predicted molar refractivity (Wildman–Crippen MR) is 141 cm³/mol. The number of nitrogens with one attached hydrogen (secondary N) is 1. The summed E-state index contributed by atoms with van der Waals surface area (Å²) in [5.74, 6) is -0.600. The first-order valence-corrected chi connectivity index (χ1v) is 15.9. The molecule has 0 aliphatic carbocycles. The second kappa shape index (κ2) is 9.26. The summed E-state index contributed by atoms with van der Waals surface area (Å²) in [4.78, 5) is 36.5. The lowest BCUT2D eigenvalue weighted by atomic mass is 9.77. The third-order valence-electron chi connectivity index (χ3n) is 7.82. The van der Waals surface area contributed by atoms with Crippen LogP contribution in [0, 0.1) is 11.8 Å². The molecule has 4 rings (SSSR count). The molecule has 1 amide bonds. The Labute approximate surface area is 212 Å². The molecule has 1 aliphatic rings. The summed E-state index contributed by atoms with van der Waals surface area (Å²) in [7, 11) is -2.03. The number of carbonyl (C=O) groups excluding carboxylic acids is 2. The Morgan fingerprint density at radius 1 is 1.26 bits per heavy atom. The molecular weight excluding hydrogens is 476 g/mol. The predicted octanol–water partition coefficient (Wildman–Crippen LogP) is 5.29. The summed E-state index contributed by atoms with van der Waals surface area (Å²) in [6.45, 7) is 16.9. The first kappa shape index (κ1) is 25.7. The van der Waals surface area contributed by atoms with Crippen LogP contribution in [-0.2, 0) is 9.22 Å². The minimum absolute atomic E-state index is 0.0306. The molecule has 35 heavy (non-hydrogen) atoms. The van der Waals surface area contributed by atoms with E-state index in [1.807, 2.05) is 42.8 Å². The maximum absolute atomic E-state index is 13.5. The first-order chi connectivity index (χ1) is 16.3. The van der Waals surface area contributed by atoms with E-state index >= 15 is 0 Å². The van der Waals surface area contributed by atoms with E-state index in [1.165, 1.54) is 11.3 Å². The van der Waals surface area contributed by atoms with Gasteiger partial charge in [0.2, 0.25) is 5.91 Å². The zero-order chi connectivity index (χ0) is 25.7. The Hall–Kier alpha value is -2.36. The van der Waals surface area contributed by atoms with Gasteiger partial charge in [-0.3, -0.25) is 19.0 Å². The highest BCUT2D eigenvalue weighted by molar-refractivity contribution is 7.19. The second-order valence-electron chi connectivity index (χ2n) is 11.2. The van der Waals surface area contributed by atoms with Gasteiger partial charge in [-0.1, -0.05) is 40.7 Å². The largest absolute Gasteiger partial charge is 0.413 e. The third-order valence-corrected chi connectivity index (χ3v) is 13.5. The van der Waals surface area contributed by atoms with Crippen LogP contribution in [0.15, 0.2) is 37.1 Å². The standard InChI is InChI=1S/C26H36N4O3SSi/c1-15(18-10-9-11-27-12-18)22-25-30(14-28-22)13-19(34-25)23(31)16(2)21-20(24(32)29-21)17(3)33-35(7,8)26(4,5)6/h9-17,20-21H,1-8H3,(H,29,32)/t15?,16-,17+,20-,21-/m1/s1. The van der Waals surface area contributed by atoms with Crippen LogP contribution >= 0.6 is 11.3 Å². The highest BCUT2D eigenvalue weighted by Crippen LogP contribution is 2.40. The lowest BCUT2D eigenvalue weighted by Crippen LogP contribution is -2.66. The van der Waals surface area contributed by atoms with Crippen LogP contribution in [0.25, 0.3) is 4.83 Å². The molecule has 9 heteroatoms. The molecule has 1 N–H and O–H groups in total. The molecule has 0 bridgehead atoms. The normalized spacial score (nSPS) is 21.3. The summed E-state index contributed by atoms with van der Waals surface area (Å²) in [6, 6.07) is 3.73. The monoisotopic (exact) mass is 512 g/mol. The molecule has 4 heterocycles.